The molecule has 0 saturated carbocycles. The normalized spacial score (nSPS) is 12.3. The molecular weight excluding hydrogens is 532 g/mol. The number of aryl methyl sites for hydroxylation is 1. The lowest BCUT2D eigenvalue weighted by atomic mass is 10.2. The molecule has 3 heterocycles. The van der Waals surface area contributed by atoms with Crippen LogP contribution < -0.4 is 10.3 Å². The average molecular weight is 561 g/mol. The third kappa shape index (κ3) is 4.85. The molecule has 9 nitrogen and oxygen atoms in total. The first-order valence-electron chi connectivity index (χ1n) is 13.4. The van der Waals surface area contributed by atoms with Gasteiger partial charge >= 0.3 is 5.97 Å². The number of rotatable bonds is 7. The van der Waals surface area contributed by atoms with Crippen molar-refractivity contribution in [2.75, 3.05) is 7.11 Å². The van der Waals surface area contributed by atoms with Gasteiger partial charge in [0.2, 0.25) is 5.82 Å². The van der Waals surface area contributed by atoms with Crippen LogP contribution in [0.3, 0.4) is 0 Å². The second kappa shape index (κ2) is 10.9. The van der Waals surface area contributed by atoms with Gasteiger partial charge in [0, 0.05) is 28.0 Å². The molecule has 0 unspecified atom stereocenters. The minimum absolute atomic E-state index is 0.294. The molecule has 0 radical (unpaired) electrons. The number of hydrogen-bond acceptors (Lipinski definition) is 7. The number of carbonyl (C=O) groups excluding carboxylic acids is 1. The summed E-state index contributed by atoms with van der Waals surface area (Å²) < 4.78 is 19.8. The van der Waals surface area contributed by atoms with E-state index in [0.717, 1.165) is 28.0 Å². The third-order valence-electron chi connectivity index (χ3n) is 7.12. The molecule has 6 aromatic rings. The minimum Gasteiger partial charge on any atom is -0.479 e. The van der Waals surface area contributed by atoms with Gasteiger partial charge in [-0.2, -0.15) is 9.78 Å². The van der Waals surface area contributed by atoms with Crippen molar-refractivity contribution in [3.63, 3.8) is 0 Å². The second-order valence-corrected chi connectivity index (χ2v) is 9.90. The quantitative estimate of drug-likeness (QED) is 0.174. The van der Waals surface area contributed by atoms with Crippen LogP contribution in [0.1, 0.15) is 23.9 Å². The van der Waals surface area contributed by atoms with E-state index in [9.17, 15) is 9.59 Å². The summed E-state index contributed by atoms with van der Waals surface area (Å²) in [6.45, 7) is 5.62. The lowest BCUT2D eigenvalue weighted by molar-refractivity contribution is -0.147. The van der Waals surface area contributed by atoms with Gasteiger partial charge in [-0.3, -0.25) is 4.79 Å². The molecule has 210 valence electrons. The third-order valence-corrected chi connectivity index (χ3v) is 7.12. The van der Waals surface area contributed by atoms with Gasteiger partial charge in [-0.25, -0.2) is 9.78 Å². The molecule has 0 aliphatic heterocycles. The fourth-order valence-corrected chi connectivity index (χ4v) is 5.01. The summed E-state index contributed by atoms with van der Waals surface area (Å²) >= 11 is 0. The van der Waals surface area contributed by atoms with Gasteiger partial charge in [0.05, 0.1) is 24.2 Å². The Balaban J connectivity index is 1.38. The molecule has 9 heteroatoms. The SMILES string of the molecule is COC(=O)[C@H](C)Oc1ccc(-n2c(C)cc(C=Nn3c(-c4cc5ccccc5o4)nc4ccccc4c3=O)c2C)cc1. The van der Waals surface area contributed by atoms with E-state index in [0.29, 0.717) is 33.8 Å². The Morgan fingerprint density at radius 3 is 2.50 bits per heavy atom. The molecule has 3 aromatic carbocycles. The lowest BCUT2D eigenvalue weighted by Crippen LogP contribution is -2.24. The van der Waals surface area contributed by atoms with Crippen LogP contribution >= 0.6 is 0 Å². The van der Waals surface area contributed by atoms with E-state index >= 15 is 0 Å². The summed E-state index contributed by atoms with van der Waals surface area (Å²) in [5.41, 5.74) is 4.63. The van der Waals surface area contributed by atoms with Crippen LogP contribution in [0.15, 0.2) is 99.2 Å². The Labute approximate surface area is 241 Å². The summed E-state index contributed by atoms with van der Waals surface area (Å²) in [4.78, 5) is 30.1. The van der Waals surface area contributed by atoms with Crippen molar-refractivity contribution in [3.8, 4) is 23.0 Å². The predicted molar refractivity (Wildman–Crippen MR) is 162 cm³/mol. The zero-order valence-corrected chi connectivity index (χ0v) is 23.6. The van der Waals surface area contributed by atoms with E-state index in [1.807, 2.05) is 68.4 Å². The maximum absolute atomic E-state index is 13.6. The van der Waals surface area contributed by atoms with Crippen molar-refractivity contribution in [2.24, 2.45) is 5.10 Å². The van der Waals surface area contributed by atoms with Crippen LogP contribution in [0.5, 0.6) is 5.75 Å². The Hall–Kier alpha value is -5.44. The first-order chi connectivity index (χ1) is 20.3. The molecule has 0 aliphatic carbocycles. The van der Waals surface area contributed by atoms with E-state index < -0.39 is 12.1 Å². The highest BCUT2D eigenvalue weighted by Gasteiger charge is 2.18. The Morgan fingerprint density at radius 2 is 1.74 bits per heavy atom. The van der Waals surface area contributed by atoms with Crippen LogP contribution in [0.2, 0.25) is 0 Å². The van der Waals surface area contributed by atoms with Gasteiger partial charge in [-0.1, -0.05) is 30.3 Å². The molecule has 6 rings (SSSR count). The number of nitrogens with zero attached hydrogens (tertiary/aromatic N) is 4. The smallest absolute Gasteiger partial charge is 0.346 e. The highest BCUT2D eigenvalue weighted by atomic mass is 16.6. The number of carbonyl (C=O) groups is 1. The number of fused-ring (bicyclic) bond motifs is 2. The number of esters is 1. The summed E-state index contributed by atoms with van der Waals surface area (Å²) in [6, 6.07) is 26.2. The van der Waals surface area contributed by atoms with Crippen molar-refractivity contribution in [3.05, 3.63) is 112 Å². The maximum atomic E-state index is 13.6. The van der Waals surface area contributed by atoms with E-state index in [-0.39, 0.29) is 5.56 Å². The van der Waals surface area contributed by atoms with E-state index in [4.69, 9.17) is 18.9 Å². The van der Waals surface area contributed by atoms with Crippen molar-refractivity contribution < 1.29 is 18.7 Å². The number of ether oxygens (including phenoxy) is 2. The summed E-state index contributed by atoms with van der Waals surface area (Å²) in [5, 5.41) is 6.00. The van der Waals surface area contributed by atoms with Crippen LogP contribution in [0.25, 0.3) is 39.1 Å². The Morgan fingerprint density at radius 1 is 1.00 bits per heavy atom. The van der Waals surface area contributed by atoms with Crippen LogP contribution in [-0.2, 0) is 9.53 Å². The number of aromatic nitrogens is 3. The molecule has 0 bridgehead atoms. The second-order valence-electron chi connectivity index (χ2n) is 9.90. The van der Waals surface area contributed by atoms with Gasteiger partial charge in [0.15, 0.2) is 11.9 Å². The first-order valence-corrected chi connectivity index (χ1v) is 13.4. The molecule has 42 heavy (non-hydrogen) atoms. The zero-order chi connectivity index (χ0) is 29.4. The molecule has 3 aromatic heterocycles. The summed E-state index contributed by atoms with van der Waals surface area (Å²) in [7, 11) is 1.33. The van der Waals surface area contributed by atoms with Gasteiger partial charge in [0.1, 0.15) is 11.3 Å². The van der Waals surface area contributed by atoms with Crippen molar-refractivity contribution in [1.29, 1.82) is 0 Å². The standard InChI is InChI=1S/C33H28N4O5/c1-20-17-24(21(2)36(20)25-13-15-26(16-14-25)41-22(3)33(39)40-4)19-34-37-31(30-18-23-9-5-8-12-29(23)42-30)35-28-11-7-6-10-27(28)32(37)38/h5-19,22H,1-4H3/t22-/m0/s1. The van der Waals surface area contributed by atoms with Crippen LogP contribution in [0, 0.1) is 13.8 Å². The van der Waals surface area contributed by atoms with Crippen LogP contribution in [-0.4, -0.2) is 39.6 Å². The van der Waals surface area contributed by atoms with Crippen molar-refractivity contribution in [2.45, 2.75) is 26.9 Å². The number of hydrogen-bond donors (Lipinski definition) is 0. The molecule has 1 atom stereocenters. The molecule has 0 spiro atoms. The van der Waals surface area contributed by atoms with Gasteiger partial charge in [0.25, 0.3) is 5.56 Å². The molecule has 0 saturated heterocycles. The largest absolute Gasteiger partial charge is 0.479 e. The fourth-order valence-electron chi connectivity index (χ4n) is 5.01. The van der Waals surface area contributed by atoms with E-state index in [2.05, 4.69) is 9.67 Å². The summed E-state index contributed by atoms with van der Waals surface area (Å²) in [5.74, 6) is 0.883. The highest BCUT2D eigenvalue weighted by Crippen LogP contribution is 2.27. The summed E-state index contributed by atoms with van der Waals surface area (Å²) in [6.07, 6.45) is 0.953. The zero-order valence-electron chi connectivity index (χ0n) is 23.6. The topological polar surface area (TPSA) is 101 Å². The van der Waals surface area contributed by atoms with Gasteiger partial charge < -0.3 is 18.5 Å². The minimum atomic E-state index is -0.712. The first kappa shape index (κ1) is 26.8. The Kier molecular flexibility index (Phi) is 6.92. The number of para-hydroxylation sites is 2. The van der Waals surface area contributed by atoms with E-state index in [1.54, 1.807) is 43.5 Å². The van der Waals surface area contributed by atoms with Crippen molar-refractivity contribution in [1.82, 2.24) is 14.2 Å². The molecule has 0 amide bonds. The van der Waals surface area contributed by atoms with Gasteiger partial charge in [-0.15, -0.1) is 0 Å². The van der Waals surface area contributed by atoms with Crippen LogP contribution in [0.4, 0.5) is 0 Å². The monoisotopic (exact) mass is 560 g/mol. The average Bonchev–Trinajstić information content (AvgIpc) is 3.56. The molecule has 0 N–H and O–H groups in total. The molecule has 0 fully saturated rings. The number of furan rings is 1. The van der Waals surface area contributed by atoms with Crippen molar-refractivity contribution >= 4 is 34.1 Å². The Bertz CT molecular complexity index is 2000. The lowest BCUT2D eigenvalue weighted by Gasteiger charge is -2.14. The van der Waals surface area contributed by atoms with E-state index in [1.165, 1.54) is 11.8 Å². The fraction of sp³-hybridized carbons (Fsp3) is 0.152. The molecular formula is C33H28N4O5. The predicted octanol–water partition coefficient (Wildman–Crippen LogP) is 6.04. The number of benzene rings is 3. The maximum Gasteiger partial charge on any atom is 0.346 e. The highest BCUT2D eigenvalue weighted by molar-refractivity contribution is 5.85. The molecule has 0 aliphatic rings. The van der Waals surface area contributed by atoms with Gasteiger partial charge in [-0.05, 0) is 75.4 Å². The number of methoxy groups -OCH3 is 1.